The lowest BCUT2D eigenvalue weighted by Crippen LogP contribution is -2.54. The van der Waals surface area contributed by atoms with Crippen molar-refractivity contribution < 1.29 is 28.2 Å². The summed E-state index contributed by atoms with van der Waals surface area (Å²) in [4.78, 5) is 32.3. The number of benzene rings is 1. The fourth-order valence-corrected chi connectivity index (χ4v) is 3.62. The highest BCUT2D eigenvalue weighted by Crippen LogP contribution is 2.39. The van der Waals surface area contributed by atoms with Gasteiger partial charge in [-0.3, -0.25) is 9.79 Å². The average molecular weight is 358 g/mol. The number of carbonyl (C=O) groups excluding carboxylic acids is 1. The number of nitrogen functional groups attached to an aromatic ring is 1. The van der Waals surface area contributed by atoms with E-state index in [9.17, 15) is 9.36 Å². The minimum absolute atomic E-state index is 0.0680. The Morgan fingerprint density at radius 2 is 1.92 bits per heavy atom. The maximum Gasteiger partial charge on any atom is 0.527 e. The molecule has 0 aromatic heterocycles. The van der Waals surface area contributed by atoms with E-state index in [4.69, 9.17) is 15.5 Å². The van der Waals surface area contributed by atoms with Crippen LogP contribution in [0.15, 0.2) is 24.3 Å². The van der Waals surface area contributed by atoms with Gasteiger partial charge in [0.2, 0.25) is 0 Å². The second-order valence-electron chi connectivity index (χ2n) is 7.05. The molecule has 0 bridgehead atoms. The van der Waals surface area contributed by atoms with Crippen LogP contribution in [0.1, 0.15) is 6.42 Å². The Balaban J connectivity index is 2.16. The quantitative estimate of drug-likeness (QED) is 0.405. The van der Waals surface area contributed by atoms with Crippen molar-refractivity contribution in [2.75, 3.05) is 44.9 Å². The molecule has 1 saturated heterocycles. The molecule has 2 unspecified atom stereocenters. The van der Waals surface area contributed by atoms with Crippen LogP contribution >= 0.6 is 7.82 Å². The number of phosphoric ester groups is 1. The molecule has 24 heavy (non-hydrogen) atoms. The highest BCUT2D eigenvalue weighted by molar-refractivity contribution is 7.46. The molecule has 1 heterocycles. The Morgan fingerprint density at radius 3 is 2.42 bits per heavy atom. The van der Waals surface area contributed by atoms with Gasteiger partial charge < -0.3 is 19.6 Å². The van der Waals surface area contributed by atoms with Gasteiger partial charge in [-0.1, -0.05) is 0 Å². The smallest absolute Gasteiger partial charge is 0.399 e. The predicted octanol–water partition coefficient (Wildman–Crippen LogP) is 0.806. The molecule has 1 aliphatic rings. The number of hydrogen-bond acceptors (Lipinski definition) is 5. The number of nitrogens with two attached hydrogens (primary N) is 1. The molecule has 0 spiro atoms. The van der Waals surface area contributed by atoms with Crippen LogP contribution in [-0.4, -0.2) is 60.5 Å². The van der Waals surface area contributed by atoms with E-state index in [2.05, 4.69) is 9.42 Å². The summed E-state index contributed by atoms with van der Waals surface area (Å²) < 4.78 is 15.6. The zero-order chi connectivity index (χ0) is 18.1. The summed E-state index contributed by atoms with van der Waals surface area (Å²) in [5.41, 5.74) is 7.39. The summed E-state index contributed by atoms with van der Waals surface area (Å²) in [6.07, 6.45) is 0.737. The third-order valence-electron chi connectivity index (χ3n) is 4.21. The van der Waals surface area contributed by atoms with E-state index in [0.717, 1.165) is 18.7 Å². The molecule has 2 atom stereocenters. The Kier molecular flexibility index (Phi) is 5.25. The van der Waals surface area contributed by atoms with Crippen molar-refractivity contribution in [1.29, 1.82) is 0 Å². The number of anilines is 2. The molecule has 0 radical (unpaired) electrons. The van der Waals surface area contributed by atoms with Gasteiger partial charge in [-0.2, -0.15) is 0 Å². The van der Waals surface area contributed by atoms with Gasteiger partial charge in [0.05, 0.1) is 21.1 Å². The molecule has 0 saturated carbocycles. The molecule has 134 valence electrons. The summed E-state index contributed by atoms with van der Waals surface area (Å²) in [6, 6.07) is 6.83. The molecule has 2 rings (SSSR count). The zero-order valence-electron chi connectivity index (χ0n) is 14.1. The Hall–Kier alpha value is -1.60. The van der Waals surface area contributed by atoms with Crippen molar-refractivity contribution in [3.63, 3.8) is 0 Å². The van der Waals surface area contributed by atoms with E-state index >= 15 is 0 Å². The monoisotopic (exact) mass is 358 g/mol. The first-order valence-electron chi connectivity index (χ1n) is 7.68. The van der Waals surface area contributed by atoms with Gasteiger partial charge in [0, 0.05) is 30.4 Å². The topological polar surface area (TPSA) is 113 Å². The second-order valence-corrected chi connectivity index (χ2v) is 8.21. The van der Waals surface area contributed by atoms with E-state index in [1.807, 2.05) is 45.4 Å². The third-order valence-corrected chi connectivity index (χ3v) is 4.63. The van der Waals surface area contributed by atoms with Crippen molar-refractivity contribution in [3.8, 4) is 0 Å². The molecule has 4 N–H and O–H groups in total. The standard InChI is InChI=1S/C15H24N3O5P/c1-18(2,3)14(15(19)23-24(20,21)22)11-8-9-17(10-11)13-6-4-12(16)5-7-13/h4-7,11,14H,8-10,16H2,1-3H3,(H-,20,21,22)/p+1. The molecule has 1 aliphatic heterocycles. The Labute approximate surface area is 141 Å². The largest absolute Gasteiger partial charge is 0.527 e. The van der Waals surface area contributed by atoms with Crippen molar-refractivity contribution in [3.05, 3.63) is 24.3 Å². The lowest BCUT2D eigenvalue weighted by Gasteiger charge is -2.35. The first-order chi connectivity index (χ1) is 11.0. The van der Waals surface area contributed by atoms with Crippen LogP contribution in [0.4, 0.5) is 11.4 Å². The third kappa shape index (κ3) is 4.70. The number of quaternary nitrogens is 1. The molecule has 8 nitrogen and oxygen atoms in total. The van der Waals surface area contributed by atoms with Crippen LogP contribution in [0.5, 0.6) is 0 Å². The first kappa shape index (κ1) is 18.7. The van der Waals surface area contributed by atoms with Crippen molar-refractivity contribution in [1.82, 2.24) is 0 Å². The minimum Gasteiger partial charge on any atom is -0.399 e. The molecule has 9 heteroatoms. The van der Waals surface area contributed by atoms with E-state index < -0.39 is 19.8 Å². The lowest BCUT2D eigenvalue weighted by molar-refractivity contribution is -0.890. The maximum absolute atomic E-state index is 12.3. The SMILES string of the molecule is C[N+](C)(C)C(C(=O)OP(=O)(O)O)C1CCN(c2ccc(N)cc2)C1. The lowest BCUT2D eigenvalue weighted by atomic mass is 9.96. The second kappa shape index (κ2) is 6.72. The van der Waals surface area contributed by atoms with Gasteiger partial charge >= 0.3 is 13.8 Å². The van der Waals surface area contributed by atoms with Crippen LogP contribution in [0.25, 0.3) is 0 Å². The number of rotatable bonds is 5. The van der Waals surface area contributed by atoms with Gasteiger partial charge in [0.25, 0.3) is 0 Å². The Morgan fingerprint density at radius 1 is 1.33 bits per heavy atom. The molecular formula is C15H25N3O5P+. The predicted molar refractivity (Wildman–Crippen MR) is 91.1 cm³/mol. The van der Waals surface area contributed by atoms with E-state index in [1.165, 1.54) is 0 Å². The molecule has 0 amide bonds. The summed E-state index contributed by atoms with van der Waals surface area (Å²) >= 11 is 0. The summed E-state index contributed by atoms with van der Waals surface area (Å²) in [7, 11) is 0.599. The fraction of sp³-hybridized carbons (Fsp3) is 0.533. The molecule has 0 aliphatic carbocycles. The van der Waals surface area contributed by atoms with Gasteiger partial charge in [-0.25, -0.2) is 9.36 Å². The number of carbonyl (C=O) groups is 1. The van der Waals surface area contributed by atoms with E-state index in [0.29, 0.717) is 12.2 Å². The molecular weight excluding hydrogens is 333 g/mol. The van der Waals surface area contributed by atoms with Gasteiger partial charge in [0.1, 0.15) is 0 Å². The van der Waals surface area contributed by atoms with Gasteiger partial charge in [-0.15, -0.1) is 0 Å². The normalized spacial score (nSPS) is 20.0. The molecule has 1 fully saturated rings. The van der Waals surface area contributed by atoms with E-state index in [1.54, 1.807) is 0 Å². The number of nitrogens with zero attached hydrogens (tertiary/aromatic N) is 2. The zero-order valence-corrected chi connectivity index (χ0v) is 15.0. The Bertz CT molecular complexity index is 638. The number of phosphoric acid groups is 1. The first-order valence-corrected chi connectivity index (χ1v) is 9.21. The summed E-state index contributed by atoms with van der Waals surface area (Å²) in [5, 5.41) is 0. The summed E-state index contributed by atoms with van der Waals surface area (Å²) in [6.45, 7) is 1.37. The minimum atomic E-state index is -4.85. The highest BCUT2D eigenvalue weighted by atomic mass is 31.2. The van der Waals surface area contributed by atoms with Crippen LogP contribution in [0.3, 0.4) is 0 Å². The summed E-state index contributed by atoms with van der Waals surface area (Å²) in [5.74, 6) is -0.929. The maximum atomic E-state index is 12.3. The molecule has 1 aromatic rings. The van der Waals surface area contributed by atoms with Crippen molar-refractivity contribution in [2.24, 2.45) is 5.92 Å². The van der Waals surface area contributed by atoms with Crippen molar-refractivity contribution in [2.45, 2.75) is 12.5 Å². The van der Waals surface area contributed by atoms with Crippen LogP contribution in [0.2, 0.25) is 0 Å². The van der Waals surface area contributed by atoms with Crippen LogP contribution in [0, 0.1) is 5.92 Å². The molecule has 1 aromatic carbocycles. The van der Waals surface area contributed by atoms with Gasteiger partial charge in [0.15, 0.2) is 6.04 Å². The van der Waals surface area contributed by atoms with E-state index in [-0.39, 0.29) is 10.4 Å². The van der Waals surface area contributed by atoms with Gasteiger partial charge in [-0.05, 0) is 30.7 Å². The van der Waals surface area contributed by atoms with Crippen LogP contribution < -0.4 is 10.6 Å². The van der Waals surface area contributed by atoms with Crippen LogP contribution in [-0.2, 0) is 13.9 Å². The number of likely N-dealkylation sites (N-methyl/N-ethyl adjacent to an activating group) is 1. The average Bonchev–Trinajstić information content (AvgIpc) is 2.84. The highest BCUT2D eigenvalue weighted by Gasteiger charge is 2.45. The fourth-order valence-electron chi connectivity index (χ4n) is 3.28. The van der Waals surface area contributed by atoms with Crippen molar-refractivity contribution >= 4 is 25.2 Å². The number of hydrogen-bond donors (Lipinski definition) is 3.